The van der Waals surface area contributed by atoms with Gasteiger partial charge < -0.3 is 5.32 Å². The summed E-state index contributed by atoms with van der Waals surface area (Å²) in [5.74, 6) is -1.81. The summed E-state index contributed by atoms with van der Waals surface area (Å²) >= 11 is 0. The second-order valence-corrected chi connectivity index (χ2v) is 10.0. The number of benzene rings is 1. The molecule has 1 aliphatic heterocycles. The van der Waals surface area contributed by atoms with E-state index in [4.69, 9.17) is 0 Å². The molecule has 0 saturated carbocycles. The van der Waals surface area contributed by atoms with Crippen LogP contribution in [0.15, 0.2) is 29.2 Å². The van der Waals surface area contributed by atoms with Crippen LogP contribution in [0.2, 0.25) is 0 Å². The van der Waals surface area contributed by atoms with Gasteiger partial charge in [0.05, 0.1) is 4.90 Å². The Labute approximate surface area is 194 Å². The molecule has 1 N–H and O–H groups in total. The van der Waals surface area contributed by atoms with E-state index < -0.39 is 22.0 Å². The smallest absolute Gasteiger partial charge is 0.326 e. The van der Waals surface area contributed by atoms with Crippen LogP contribution in [0.25, 0.3) is 5.78 Å². The molecule has 0 radical (unpaired) electrons. The molecule has 1 saturated heterocycles. The number of carbonyl (C=O) groups is 1. The number of hydrogen-bond donors (Lipinski definition) is 1. The maximum absolute atomic E-state index is 13.0. The average molecular weight is 497 g/mol. The minimum Gasteiger partial charge on any atom is -0.326 e. The van der Waals surface area contributed by atoms with Crippen molar-refractivity contribution in [3.05, 3.63) is 47.0 Å². The molecule has 0 spiro atoms. The zero-order valence-corrected chi connectivity index (χ0v) is 19.4. The van der Waals surface area contributed by atoms with Gasteiger partial charge in [0.1, 0.15) is 0 Å². The number of carbonyl (C=O) groups excluding carboxylic acids is 1. The summed E-state index contributed by atoms with van der Waals surface area (Å²) in [6, 6.07) is 6.07. The van der Waals surface area contributed by atoms with Gasteiger partial charge in [0.25, 0.3) is 11.6 Å². The van der Waals surface area contributed by atoms with Crippen molar-refractivity contribution in [1.29, 1.82) is 0 Å². The van der Waals surface area contributed by atoms with Gasteiger partial charge in [0.2, 0.25) is 15.9 Å². The number of amides is 1. The number of nitrogens with one attached hydrogen (secondary N) is 1. The van der Waals surface area contributed by atoms with Gasteiger partial charge in [-0.2, -0.15) is 22.5 Å². The van der Waals surface area contributed by atoms with Crippen LogP contribution in [0.5, 0.6) is 0 Å². The fourth-order valence-corrected chi connectivity index (χ4v) is 5.53. The van der Waals surface area contributed by atoms with E-state index in [9.17, 15) is 26.4 Å². The van der Waals surface area contributed by atoms with Crippen molar-refractivity contribution in [2.24, 2.45) is 0 Å². The van der Waals surface area contributed by atoms with E-state index in [0.29, 0.717) is 35.7 Å². The largest absolute Gasteiger partial charge is 0.453 e. The molecule has 13 heteroatoms. The summed E-state index contributed by atoms with van der Waals surface area (Å²) < 4.78 is 66.8. The second-order valence-electron chi connectivity index (χ2n) is 8.09. The van der Waals surface area contributed by atoms with Crippen molar-refractivity contribution in [2.75, 3.05) is 18.4 Å². The number of alkyl halides is 3. The van der Waals surface area contributed by atoms with Gasteiger partial charge in [0.15, 0.2) is 0 Å². The quantitative estimate of drug-likeness (QED) is 0.562. The molecular formula is C21H23F3N6O3S. The molecule has 0 unspecified atom stereocenters. The summed E-state index contributed by atoms with van der Waals surface area (Å²) in [5, 5.41) is 6.19. The van der Waals surface area contributed by atoms with Gasteiger partial charge in [0, 0.05) is 36.6 Å². The topological polar surface area (TPSA) is 110 Å². The molecule has 3 aromatic rings. The summed E-state index contributed by atoms with van der Waals surface area (Å²) in [6.45, 7) is 4.18. The van der Waals surface area contributed by atoms with E-state index in [2.05, 4.69) is 20.4 Å². The van der Waals surface area contributed by atoms with Crippen LogP contribution in [0, 0.1) is 13.8 Å². The Kier molecular flexibility index (Phi) is 6.34. The van der Waals surface area contributed by atoms with Gasteiger partial charge in [-0.25, -0.2) is 17.9 Å². The Bertz CT molecular complexity index is 1350. The highest BCUT2D eigenvalue weighted by atomic mass is 32.2. The zero-order valence-electron chi connectivity index (χ0n) is 18.6. The monoisotopic (exact) mass is 496 g/mol. The lowest BCUT2D eigenvalue weighted by Crippen LogP contribution is -2.27. The van der Waals surface area contributed by atoms with E-state index >= 15 is 0 Å². The highest BCUT2D eigenvalue weighted by Crippen LogP contribution is 2.27. The van der Waals surface area contributed by atoms with Crippen molar-refractivity contribution in [1.82, 2.24) is 23.9 Å². The van der Waals surface area contributed by atoms with E-state index in [0.717, 1.165) is 17.4 Å². The fourth-order valence-electron chi connectivity index (χ4n) is 3.96. The Balaban J connectivity index is 1.47. The lowest BCUT2D eigenvalue weighted by atomic mass is 10.1. The number of aromatic nitrogens is 4. The van der Waals surface area contributed by atoms with Crippen LogP contribution in [0.1, 0.15) is 42.0 Å². The highest BCUT2D eigenvalue weighted by Gasteiger charge is 2.37. The molecule has 0 aliphatic carbocycles. The molecule has 2 aromatic heterocycles. The molecule has 3 heterocycles. The third-order valence-electron chi connectivity index (χ3n) is 5.73. The van der Waals surface area contributed by atoms with Gasteiger partial charge in [-0.3, -0.25) is 4.79 Å². The maximum Gasteiger partial charge on any atom is 0.453 e. The number of fused-ring (bicyclic) bond motifs is 1. The van der Waals surface area contributed by atoms with Crippen LogP contribution < -0.4 is 5.32 Å². The second kappa shape index (κ2) is 8.95. The lowest BCUT2D eigenvalue weighted by molar-refractivity contribution is -0.144. The first kappa shape index (κ1) is 24.1. The van der Waals surface area contributed by atoms with Crippen molar-refractivity contribution in [3.8, 4) is 0 Å². The number of sulfonamides is 1. The number of anilines is 1. The minimum atomic E-state index is -4.69. The lowest BCUT2D eigenvalue weighted by Gasteiger charge is -2.16. The molecule has 9 nitrogen and oxygen atoms in total. The van der Waals surface area contributed by atoms with Gasteiger partial charge in [-0.05, 0) is 56.9 Å². The van der Waals surface area contributed by atoms with E-state index in [-0.39, 0.29) is 29.4 Å². The van der Waals surface area contributed by atoms with Gasteiger partial charge in [-0.1, -0.05) is 6.07 Å². The summed E-state index contributed by atoms with van der Waals surface area (Å²) in [4.78, 5) is 20.2. The number of halogens is 3. The third kappa shape index (κ3) is 4.75. The third-order valence-corrected chi connectivity index (χ3v) is 7.62. The maximum atomic E-state index is 13.0. The number of hydrogen-bond acceptors (Lipinski definition) is 6. The van der Waals surface area contributed by atoms with Crippen molar-refractivity contribution < 1.29 is 26.4 Å². The molecule has 34 heavy (non-hydrogen) atoms. The molecule has 1 aromatic carbocycles. The Morgan fingerprint density at radius 3 is 2.53 bits per heavy atom. The number of nitrogens with zero attached hydrogens (tertiary/aromatic N) is 5. The van der Waals surface area contributed by atoms with Crippen LogP contribution in [-0.2, 0) is 27.4 Å². The summed E-state index contributed by atoms with van der Waals surface area (Å²) in [6.07, 6.45) is -2.83. The standard InChI is InChI=1S/C21H23F3N6O3S/c1-13-17(14(2)30-20(25-13)27-19(28-30)21(22,23)24)8-9-18(31)26-15-6-5-7-16(12-15)34(32,33)29-10-3-4-11-29/h5-7,12H,3-4,8-11H2,1-2H3,(H,26,31). The minimum absolute atomic E-state index is 0.0127. The molecule has 0 bridgehead atoms. The SMILES string of the molecule is Cc1nc2nc(C(F)(F)F)nn2c(C)c1CCC(=O)Nc1cccc(S(=O)(=O)N2CCCC2)c1. The molecular weight excluding hydrogens is 473 g/mol. The number of rotatable bonds is 6. The predicted molar refractivity (Wildman–Crippen MR) is 117 cm³/mol. The first-order valence-electron chi connectivity index (χ1n) is 10.7. The van der Waals surface area contributed by atoms with E-state index in [1.54, 1.807) is 26.0 Å². The average Bonchev–Trinajstić information content (AvgIpc) is 3.44. The van der Waals surface area contributed by atoms with Crippen molar-refractivity contribution in [3.63, 3.8) is 0 Å². The van der Waals surface area contributed by atoms with Crippen LogP contribution >= 0.6 is 0 Å². The molecule has 1 aliphatic rings. The number of aryl methyl sites for hydroxylation is 2. The first-order chi connectivity index (χ1) is 16.0. The van der Waals surface area contributed by atoms with Crippen LogP contribution in [0.4, 0.5) is 18.9 Å². The molecule has 4 rings (SSSR count). The normalized spacial score (nSPS) is 15.2. The first-order valence-corrected chi connectivity index (χ1v) is 12.1. The molecule has 182 valence electrons. The summed E-state index contributed by atoms with van der Waals surface area (Å²) in [5.41, 5.74) is 1.81. The highest BCUT2D eigenvalue weighted by molar-refractivity contribution is 7.89. The van der Waals surface area contributed by atoms with Crippen LogP contribution in [0.3, 0.4) is 0 Å². The molecule has 1 fully saturated rings. The Hall–Kier alpha value is -3.06. The molecule has 1 amide bonds. The van der Waals surface area contributed by atoms with Crippen molar-refractivity contribution >= 4 is 27.4 Å². The van der Waals surface area contributed by atoms with Gasteiger partial charge >= 0.3 is 6.18 Å². The van der Waals surface area contributed by atoms with Crippen LogP contribution in [-0.4, -0.2) is 51.3 Å². The Morgan fingerprint density at radius 2 is 1.85 bits per heavy atom. The Morgan fingerprint density at radius 1 is 1.15 bits per heavy atom. The van der Waals surface area contributed by atoms with Crippen molar-refractivity contribution in [2.45, 2.75) is 50.6 Å². The zero-order chi connectivity index (χ0) is 24.7. The fraction of sp³-hybridized carbons (Fsp3) is 0.429. The predicted octanol–water partition coefficient (Wildman–Crippen LogP) is 3.12. The van der Waals surface area contributed by atoms with E-state index in [1.165, 1.54) is 16.4 Å². The van der Waals surface area contributed by atoms with E-state index in [1.807, 2.05) is 0 Å². The van der Waals surface area contributed by atoms with Gasteiger partial charge in [-0.15, -0.1) is 5.10 Å². The summed E-state index contributed by atoms with van der Waals surface area (Å²) in [7, 11) is -3.61. The molecule has 0 atom stereocenters.